The van der Waals surface area contributed by atoms with Gasteiger partial charge in [-0.1, -0.05) is 12.5 Å². The Morgan fingerprint density at radius 1 is 1.30 bits per heavy atom. The highest BCUT2D eigenvalue weighted by Gasteiger charge is 2.12. The molecule has 0 spiro atoms. The maximum absolute atomic E-state index is 11.8. The van der Waals surface area contributed by atoms with Gasteiger partial charge in [0.2, 0.25) is 5.91 Å². The van der Waals surface area contributed by atoms with Crippen molar-refractivity contribution < 1.29 is 9.72 Å². The number of non-ortho nitro benzene ring substituents is 1. The van der Waals surface area contributed by atoms with Crippen LogP contribution < -0.4 is 5.32 Å². The van der Waals surface area contributed by atoms with E-state index < -0.39 is 4.92 Å². The molecule has 1 N–H and O–H groups in total. The zero-order valence-corrected chi connectivity index (χ0v) is 11.4. The molecular formula is C14H19N3O3. The van der Waals surface area contributed by atoms with Gasteiger partial charge < -0.3 is 10.2 Å². The zero-order chi connectivity index (χ0) is 14.4. The molecule has 0 aromatic heterocycles. The lowest BCUT2D eigenvalue weighted by Crippen LogP contribution is -2.32. The molecule has 1 aliphatic rings. The lowest BCUT2D eigenvalue weighted by molar-refractivity contribution is -0.384. The van der Waals surface area contributed by atoms with Crippen LogP contribution in [-0.4, -0.2) is 35.4 Å². The van der Waals surface area contributed by atoms with Gasteiger partial charge in [0.15, 0.2) is 0 Å². The second-order valence-electron chi connectivity index (χ2n) is 5.01. The van der Waals surface area contributed by atoms with Crippen molar-refractivity contribution in [3.63, 3.8) is 0 Å². The van der Waals surface area contributed by atoms with Crippen LogP contribution in [0.25, 0.3) is 0 Å². The molecule has 0 unspecified atom stereocenters. The molecule has 1 amide bonds. The standard InChI is InChI=1S/C14H19N3O3/c18-14(7-10-16-8-2-1-3-9-16)15-12-5-4-6-13(11-12)17(19)20/h4-6,11H,1-3,7-10H2,(H,15,18). The molecule has 0 aliphatic carbocycles. The van der Waals surface area contributed by atoms with E-state index in [1.807, 2.05) is 0 Å². The predicted molar refractivity (Wildman–Crippen MR) is 76.6 cm³/mol. The number of nitro benzene ring substituents is 1. The van der Waals surface area contributed by atoms with E-state index in [1.54, 1.807) is 12.1 Å². The van der Waals surface area contributed by atoms with E-state index in [2.05, 4.69) is 10.2 Å². The molecule has 20 heavy (non-hydrogen) atoms. The van der Waals surface area contributed by atoms with Crippen LogP contribution in [-0.2, 0) is 4.79 Å². The number of nitrogens with zero attached hydrogens (tertiary/aromatic N) is 2. The molecule has 1 fully saturated rings. The fourth-order valence-corrected chi connectivity index (χ4v) is 2.36. The van der Waals surface area contributed by atoms with Crippen molar-refractivity contribution in [2.75, 3.05) is 25.0 Å². The van der Waals surface area contributed by atoms with E-state index in [4.69, 9.17) is 0 Å². The monoisotopic (exact) mass is 277 g/mol. The number of anilines is 1. The number of piperidine rings is 1. The Kier molecular flexibility index (Phi) is 5.06. The first-order chi connectivity index (χ1) is 9.65. The van der Waals surface area contributed by atoms with Crippen molar-refractivity contribution in [2.24, 2.45) is 0 Å². The maximum Gasteiger partial charge on any atom is 0.271 e. The van der Waals surface area contributed by atoms with Gasteiger partial charge in [-0.3, -0.25) is 14.9 Å². The third-order valence-corrected chi connectivity index (χ3v) is 3.44. The third kappa shape index (κ3) is 4.31. The Morgan fingerprint density at radius 3 is 2.75 bits per heavy atom. The van der Waals surface area contributed by atoms with Gasteiger partial charge in [-0.2, -0.15) is 0 Å². The quantitative estimate of drug-likeness (QED) is 0.662. The van der Waals surface area contributed by atoms with E-state index in [0.717, 1.165) is 19.6 Å². The molecule has 6 heteroatoms. The van der Waals surface area contributed by atoms with E-state index >= 15 is 0 Å². The summed E-state index contributed by atoms with van der Waals surface area (Å²) in [4.78, 5) is 24.3. The number of amides is 1. The van der Waals surface area contributed by atoms with E-state index in [1.165, 1.54) is 31.4 Å². The normalized spacial score (nSPS) is 15.8. The molecule has 1 saturated heterocycles. The minimum atomic E-state index is -0.469. The Bertz CT molecular complexity index is 484. The topological polar surface area (TPSA) is 75.5 Å². The van der Waals surface area contributed by atoms with Crippen molar-refractivity contribution in [1.29, 1.82) is 0 Å². The average molecular weight is 277 g/mol. The molecule has 108 valence electrons. The Balaban J connectivity index is 1.81. The molecule has 1 aromatic rings. The second-order valence-corrected chi connectivity index (χ2v) is 5.01. The van der Waals surface area contributed by atoms with Crippen molar-refractivity contribution in [1.82, 2.24) is 4.90 Å². The predicted octanol–water partition coefficient (Wildman–Crippen LogP) is 2.41. The van der Waals surface area contributed by atoms with Crippen molar-refractivity contribution in [2.45, 2.75) is 25.7 Å². The highest BCUT2D eigenvalue weighted by molar-refractivity contribution is 5.91. The van der Waals surface area contributed by atoms with Crippen LogP contribution in [0.15, 0.2) is 24.3 Å². The highest BCUT2D eigenvalue weighted by Crippen LogP contribution is 2.17. The van der Waals surface area contributed by atoms with Gasteiger partial charge in [-0.05, 0) is 32.0 Å². The van der Waals surface area contributed by atoms with E-state index in [-0.39, 0.29) is 11.6 Å². The molecule has 0 saturated carbocycles. The molecule has 0 radical (unpaired) electrons. The van der Waals surface area contributed by atoms with Crippen LogP contribution in [0, 0.1) is 10.1 Å². The molecule has 1 aromatic carbocycles. The molecule has 1 aliphatic heterocycles. The molecule has 6 nitrogen and oxygen atoms in total. The molecule has 0 bridgehead atoms. The number of benzene rings is 1. The number of nitrogens with one attached hydrogen (secondary N) is 1. The summed E-state index contributed by atoms with van der Waals surface area (Å²) in [5, 5.41) is 13.4. The number of likely N-dealkylation sites (tertiary alicyclic amines) is 1. The van der Waals surface area contributed by atoms with Crippen LogP contribution in [0.1, 0.15) is 25.7 Å². The maximum atomic E-state index is 11.8. The fourth-order valence-electron chi connectivity index (χ4n) is 2.36. The number of nitro groups is 1. The number of hydrogen-bond acceptors (Lipinski definition) is 4. The smallest absolute Gasteiger partial charge is 0.271 e. The van der Waals surface area contributed by atoms with Gasteiger partial charge in [-0.25, -0.2) is 0 Å². The summed E-state index contributed by atoms with van der Waals surface area (Å²) >= 11 is 0. The number of hydrogen-bond donors (Lipinski definition) is 1. The van der Waals surface area contributed by atoms with Gasteiger partial charge in [0.25, 0.3) is 5.69 Å². The summed E-state index contributed by atoms with van der Waals surface area (Å²) in [5.74, 6) is -0.101. The fraction of sp³-hybridized carbons (Fsp3) is 0.500. The SMILES string of the molecule is O=C(CCN1CCCCC1)Nc1cccc([N+](=O)[O-])c1. The first-order valence-electron chi connectivity index (χ1n) is 6.92. The summed E-state index contributed by atoms with van der Waals surface area (Å²) < 4.78 is 0. The summed E-state index contributed by atoms with van der Waals surface area (Å²) in [5.41, 5.74) is 0.460. The Morgan fingerprint density at radius 2 is 2.05 bits per heavy atom. The Hall–Kier alpha value is -1.95. The molecular weight excluding hydrogens is 258 g/mol. The first-order valence-corrected chi connectivity index (χ1v) is 6.92. The third-order valence-electron chi connectivity index (χ3n) is 3.44. The summed E-state index contributed by atoms with van der Waals surface area (Å²) in [6.45, 7) is 2.87. The largest absolute Gasteiger partial charge is 0.326 e. The molecule has 2 rings (SSSR count). The van der Waals surface area contributed by atoms with Gasteiger partial charge in [0, 0.05) is 30.8 Å². The van der Waals surface area contributed by atoms with E-state index in [0.29, 0.717) is 12.1 Å². The molecule has 0 atom stereocenters. The van der Waals surface area contributed by atoms with E-state index in [9.17, 15) is 14.9 Å². The number of rotatable bonds is 5. The lowest BCUT2D eigenvalue weighted by Gasteiger charge is -2.25. The first kappa shape index (κ1) is 14.5. The average Bonchev–Trinajstić information content (AvgIpc) is 2.46. The number of carbonyl (C=O) groups excluding carboxylic acids is 1. The van der Waals surface area contributed by atoms with Crippen LogP contribution in [0.5, 0.6) is 0 Å². The van der Waals surface area contributed by atoms with Crippen molar-refractivity contribution >= 4 is 17.3 Å². The van der Waals surface area contributed by atoms with Crippen LogP contribution in [0.4, 0.5) is 11.4 Å². The highest BCUT2D eigenvalue weighted by atomic mass is 16.6. The van der Waals surface area contributed by atoms with Crippen molar-refractivity contribution in [3.8, 4) is 0 Å². The minimum Gasteiger partial charge on any atom is -0.326 e. The van der Waals surface area contributed by atoms with Gasteiger partial charge in [0.05, 0.1) is 4.92 Å². The summed E-state index contributed by atoms with van der Waals surface area (Å²) in [6, 6.07) is 6.01. The summed E-state index contributed by atoms with van der Waals surface area (Å²) in [6.07, 6.45) is 4.10. The van der Waals surface area contributed by atoms with Crippen molar-refractivity contribution in [3.05, 3.63) is 34.4 Å². The summed E-state index contributed by atoms with van der Waals surface area (Å²) in [7, 11) is 0. The van der Waals surface area contributed by atoms with Crippen LogP contribution in [0.2, 0.25) is 0 Å². The second kappa shape index (κ2) is 7.00. The van der Waals surface area contributed by atoms with Gasteiger partial charge >= 0.3 is 0 Å². The molecule has 1 heterocycles. The number of carbonyl (C=O) groups is 1. The zero-order valence-electron chi connectivity index (χ0n) is 11.4. The van der Waals surface area contributed by atoms with Gasteiger partial charge in [-0.15, -0.1) is 0 Å². The minimum absolute atomic E-state index is 0.0150. The Labute approximate surface area is 117 Å². The van der Waals surface area contributed by atoms with Crippen LogP contribution in [0.3, 0.4) is 0 Å². The van der Waals surface area contributed by atoms with Crippen LogP contribution >= 0.6 is 0 Å². The van der Waals surface area contributed by atoms with Gasteiger partial charge in [0.1, 0.15) is 0 Å². The lowest BCUT2D eigenvalue weighted by atomic mass is 10.1.